The molecule has 2 aliphatic heterocycles. The van der Waals surface area contributed by atoms with Crippen molar-refractivity contribution >= 4 is 30.5 Å². The molecule has 7 rings (SSSR count). The van der Waals surface area contributed by atoms with Gasteiger partial charge in [0.15, 0.2) is 17.3 Å². The molecule has 24 nitrogen and oxygen atoms in total. The zero-order chi connectivity index (χ0) is 52.7. The first-order valence-electron chi connectivity index (χ1n) is 25.5. The second-order valence-electron chi connectivity index (χ2n) is 18.9. The van der Waals surface area contributed by atoms with Gasteiger partial charge in [-0.1, -0.05) is 103 Å². The first kappa shape index (κ1) is 56.1. The third-order valence-corrected chi connectivity index (χ3v) is 15.2. The summed E-state index contributed by atoms with van der Waals surface area (Å²) in [4.78, 5) is 12.0. The molecule has 0 aliphatic carbocycles. The molecule has 5 aromatic rings. The van der Waals surface area contributed by atoms with Crippen molar-refractivity contribution in [3.05, 3.63) is 66.5 Å². The molecule has 400 valence electrons. The number of aliphatic hydroxyl groups excluding tert-OH is 4. The zero-order valence-electron chi connectivity index (χ0n) is 41.7. The van der Waals surface area contributed by atoms with Crippen LogP contribution < -0.4 is 11.5 Å². The molecule has 0 aromatic carbocycles. The second kappa shape index (κ2) is 26.2. The van der Waals surface area contributed by atoms with Crippen LogP contribution in [0.2, 0.25) is 0 Å². The number of nitrogens with two attached hydrogens (primary N) is 2. The summed E-state index contributed by atoms with van der Waals surface area (Å²) in [7, 11) is -4.93. The maximum atomic E-state index is 14.9. The van der Waals surface area contributed by atoms with Gasteiger partial charge in [-0.15, -0.1) is 0 Å². The number of aromatic nitrogens is 8. The molecule has 0 bridgehead atoms. The summed E-state index contributed by atoms with van der Waals surface area (Å²) in [6.07, 6.45) is 14.3. The van der Waals surface area contributed by atoms with Crippen LogP contribution in [0.3, 0.4) is 0 Å². The highest BCUT2D eigenvalue weighted by atomic mass is 31.2. The molecule has 8 N–H and O–H groups in total. The number of nitrogens with zero attached hydrogens (tertiary/aromatic N) is 11. The van der Waals surface area contributed by atoms with Crippen molar-refractivity contribution in [3.63, 3.8) is 0 Å². The van der Waals surface area contributed by atoms with Gasteiger partial charge in [0, 0.05) is 12.8 Å². The number of nitriles is 3. The summed E-state index contributed by atoms with van der Waals surface area (Å²) >= 11 is 0. The van der Waals surface area contributed by atoms with E-state index in [0.717, 1.165) is 38.3 Å². The highest BCUT2D eigenvalue weighted by Gasteiger charge is 2.59. The fraction of sp³-hybridized carbons (Fsp3) is 0.633. The minimum Gasteiger partial charge on any atom is -0.387 e. The Morgan fingerprint density at radius 2 is 1.14 bits per heavy atom. The summed E-state index contributed by atoms with van der Waals surface area (Å²) in [5.74, 6) is 0.143. The topological polar surface area (TPSA) is 355 Å². The van der Waals surface area contributed by atoms with E-state index in [2.05, 4.69) is 32.1 Å². The number of phosphoric acid groups is 1. The van der Waals surface area contributed by atoms with Crippen LogP contribution in [-0.4, -0.2) is 129 Å². The van der Waals surface area contributed by atoms with Gasteiger partial charge in [-0.05, 0) is 30.7 Å². The number of rotatable bonds is 31. The van der Waals surface area contributed by atoms with Gasteiger partial charge in [0.05, 0.1) is 50.2 Å². The SMILES string of the molecule is CCCCCCCCCCCCCCCCCCOC[C@H](COP(=O)(OC[C@H]1O[C@@](C#N)(c2ccc3c(N)ncnn23)[C@H](O)[C@@H]1O)OC[C@H]1O[C@@](C#N)(c2ccc3c(N)ncnn23)[C@H](O)[C@@H]1O)n1cnc(C#N)c1. The lowest BCUT2D eigenvalue weighted by atomic mass is 9.92. The lowest BCUT2D eigenvalue weighted by Gasteiger charge is -2.26. The molecule has 0 saturated carbocycles. The monoisotopic (exact) mass is 1050 g/mol. The predicted molar refractivity (Wildman–Crippen MR) is 265 cm³/mol. The smallest absolute Gasteiger partial charge is 0.387 e. The van der Waals surface area contributed by atoms with Gasteiger partial charge < -0.3 is 50.7 Å². The second-order valence-corrected chi connectivity index (χ2v) is 20.6. The molecule has 74 heavy (non-hydrogen) atoms. The number of phosphoric ester groups is 1. The zero-order valence-corrected chi connectivity index (χ0v) is 42.6. The number of unbranched alkanes of at least 4 members (excludes halogenated alkanes) is 15. The molecule has 0 spiro atoms. The van der Waals surface area contributed by atoms with Crippen molar-refractivity contribution < 1.29 is 52.8 Å². The van der Waals surface area contributed by atoms with E-state index in [-0.39, 0.29) is 35.3 Å². The summed E-state index contributed by atoms with van der Waals surface area (Å²) in [5.41, 5.74) is 8.23. The molecular weight excluding hydrogens is 978 g/mol. The quantitative estimate of drug-likeness (QED) is 0.0249. The average Bonchev–Trinajstić information content (AvgIpc) is 4.25. The lowest BCUT2D eigenvalue weighted by Crippen LogP contribution is -2.41. The highest BCUT2D eigenvalue weighted by Crippen LogP contribution is 2.53. The Balaban J connectivity index is 0.998. The van der Waals surface area contributed by atoms with E-state index in [1.807, 2.05) is 18.2 Å². The Morgan fingerprint density at radius 1 is 0.676 bits per heavy atom. The van der Waals surface area contributed by atoms with Crippen LogP contribution in [0.15, 0.2) is 49.4 Å². The van der Waals surface area contributed by atoms with E-state index in [1.54, 1.807) is 4.57 Å². The lowest BCUT2D eigenvalue weighted by molar-refractivity contribution is -0.0746. The normalized spacial score (nSPS) is 24.4. The molecule has 7 heterocycles. The van der Waals surface area contributed by atoms with E-state index in [1.165, 1.54) is 123 Å². The third kappa shape index (κ3) is 12.7. The fourth-order valence-electron chi connectivity index (χ4n) is 9.51. The summed E-state index contributed by atoms with van der Waals surface area (Å²) in [5, 5.41) is 84.3. The van der Waals surface area contributed by atoms with Gasteiger partial charge >= 0.3 is 7.82 Å². The van der Waals surface area contributed by atoms with Crippen molar-refractivity contribution in [1.82, 2.24) is 38.7 Å². The maximum absolute atomic E-state index is 14.9. The standard InChI is InChI=1S/C49H68N13O11P/c1-2-3-4-5-6-7-8-9-10-11-12-13-14-15-16-17-22-68-25-35(60-24-34(23-50)57-33-60)26-69-74(67,70-27-38-42(63)44(65)48(29-51,72-38)40-20-18-36-46(53)55-31-58-61(36)40)71-28-39-43(64)45(66)49(30-52,73-39)41-21-19-37-47(54)56-32-59-62(37)41/h18-21,24,31-33,35,38-39,42-45,63-66H,2-17,22,25-28H2,1H3,(H2,53,55,58)(H2,54,56,59)/t35-,38-,39-,42-,43-,44-,45-,48+,49+/m1/s1. The van der Waals surface area contributed by atoms with Crippen molar-refractivity contribution in [1.29, 1.82) is 15.8 Å². The summed E-state index contributed by atoms with van der Waals surface area (Å²) < 4.78 is 54.7. The van der Waals surface area contributed by atoms with Gasteiger partial charge in [-0.2, -0.15) is 26.0 Å². The molecule has 9 atom stereocenters. The van der Waals surface area contributed by atoms with E-state index in [4.69, 9.17) is 39.2 Å². The van der Waals surface area contributed by atoms with E-state index >= 15 is 0 Å². The number of hydrogen-bond donors (Lipinski definition) is 6. The molecule has 0 amide bonds. The number of hydrogen-bond acceptors (Lipinski definition) is 21. The van der Waals surface area contributed by atoms with Crippen molar-refractivity contribution in [2.45, 2.75) is 164 Å². The van der Waals surface area contributed by atoms with Gasteiger partial charge in [0.2, 0.25) is 11.2 Å². The van der Waals surface area contributed by atoms with Crippen molar-refractivity contribution in [3.8, 4) is 18.2 Å². The fourth-order valence-corrected chi connectivity index (χ4v) is 10.7. The minimum absolute atomic E-state index is 0.00477. The molecule has 25 heteroatoms. The Morgan fingerprint density at radius 3 is 1.57 bits per heavy atom. The van der Waals surface area contributed by atoms with Crippen LogP contribution in [0.1, 0.15) is 133 Å². The Bertz CT molecular complexity index is 2640. The number of fused-ring (bicyclic) bond motifs is 2. The van der Waals surface area contributed by atoms with E-state index in [9.17, 15) is 40.8 Å². The largest absolute Gasteiger partial charge is 0.475 e. The van der Waals surface area contributed by atoms with E-state index < -0.39 is 81.5 Å². The molecule has 5 aromatic heterocycles. The molecule has 2 fully saturated rings. The van der Waals surface area contributed by atoms with Crippen LogP contribution in [0, 0.1) is 34.0 Å². The van der Waals surface area contributed by atoms with Crippen molar-refractivity contribution in [2.24, 2.45) is 0 Å². The number of ether oxygens (including phenoxy) is 3. The Hall–Kier alpha value is -5.65. The number of imidazole rings is 1. The van der Waals surface area contributed by atoms with Gasteiger partial charge in [0.1, 0.15) is 78.5 Å². The van der Waals surface area contributed by atoms with Crippen LogP contribution in [-0.2, 0) is 43.5 Å². The van der Waals surface area contributed by atoms with Gasteiger partial charge in [0.25, 0.3) is 0 Å². The number of anilines is 2. The van der Waals surface area contributed by atoms with Gasteiger partial charge in [-0.3, -0.25) is 13.6 Å². The number of nitrogen functional groups attached to an aromatic ring is 2. The average molecular weight is 1050 g/mol. The number of aliphatic hydroxyl groups is 4. The Kier molecular flexibility index (Phi) is 19.9. The highest BCUT2D eigenvalue weighted by molar-refractivity contribution is 7.48. The van der Waals surface area contributed by atoms with Crippen molar-refractivity contribution in [2.75, 3.05) is 44.5 Å². The van der Waals surface area contributed by atoms with E-state index in [0.29, 0.717) is 17.6 Å². The van der Waals surface area contributed by atoms with Crippen LogP contribution >= 0.6 is 7.82 Å². The summed E-state index contributed by atoms with van der Waals surface area (Å²) in [6, 6.07) is 11.0. The molecule has 0 radical (unpaired) electrons. The van der Waals surface area contributed by atoms with Crippen LogP contribution in [0.4, 0.5) is 11.6 Å². The minimum atomic E-state index is -4.93. The van der Waals surface area contributed by atoms with Crippen LogP contribution in [0.5, 0.6) is 0 Å². The first-order valence-corrected chi connectivity index (χ1v) is 26.9. The molecular formula is C49H68N13O11P. The maximum Gasteiger partial charge on any atom is 0.475 e. The Labute approximate surface area is 429 Å². The predicted octanol–water partition coefficient (Wildman–Crippen LogP) is 5.06. The summed E-state index contributed by atoms with van der Waals surface area (Å²) in [6.45, 7) is 0.615. The molecule has 0 unspecified atom stereocenters. The van der Waals surface area contributed by atoms with Crippen LogP contribution in [0.25, 0.3) is 11.0 Å². The molecule has 2 saturated heterocycles. The third-order valence-electron chi connectivity index (χ3n) is 13.8. The first-order chi connectivity index (χ1) is 35.8. The molecule has 2 aliphatic rings. The van der Waals surface area contributed by atoms with Gasteiger partial charge in [-0.25, -0.2) is 28.5 Å².